The molecular formula is C34H49N3O5S. The lowest BCUT2D eigenvalue weighted by Crippen LogP contribution is -2.60. The van der Waals surface area contributed by atoms with Crippen LogP contribution in [0.4, 0.5) is 5.69 Å². The lowest BCUT2D eigenvalue weighted by molar-refractivity contribution is -0.147. The maximum atomic E-state index is 14.7. The number of rotatable bonds is 13. The standard InChI is InChI=1S/C34H49N3O5S/c1-9-18-35(23-12-14-24(15-13-23)42-11-3)29(39)26-25-16-17-34(43-25)27(26)30(40)36(20-21-38)28(34)31(41)37(19-10-2)33(7,8)22-32(4,5)6/h9-10,12-15,25-28,38H,1-2,11,16-22H2,3-8H3/t25-,26+,27-,28?,34?/m0/s1. The number of aliphatic hydroxyl groups excluding tert-OH is 1. The van der Waals surface area contributed by atoms with Gasteiger partial charge in [-0.3, -0.25) is 14.4 Å². The molecule has 9 heteroatoms. The fourth-order valence-electron chi connectivity index (χ4n) is 7.89. The van der Waals surface area contributed by atoms with Crippen LogP contribution in [0.2, 0.25) is 0 Å². The number of β-amino-alcohol motifs (C(OH)–C–C–N with tert-alkyl or cyclic N) is 1. The largest absolute Gasteiger partial charge is 0.494 e. The molecule has 43 heavy (non-hydrogen) atoms. The Morgan fingerprint density at radius 3 is 2.33 bits per heavy atom. The van der Waals surface area contributed by atoms with Crippen molar-refractivity contribution in [2.24, 2.45) is 17.3 Å². The van der Waals surface area contributed by atoms with E-state index in [1.807, 2.05) is 36.1 Å². The molecule has 4 rings (SSSR count). The van der Waals surface area contributed by atoms with Gasteiger partial charge in [-0.2, -0.15) is 0 Å². The van der Waals surface area contributed by atoms with Gasteiger partial charge in [-0.1, -0.05) is 32.9 Å². The number of carbonyl (C=O) groups excluding carboxylic acids is 3. The number of hydrogen-bond donors (Lipinski definition) is 1. The van der Waals surface area contributed by atoms with E-state index in [2.05, 4.69) is 47.8 Å². The van der Waals surface area contributed by atoms with Gasteiger partial charge in [0.25, 0.3) is 0 Å². The van der Waals surface area contributed by atoms with Crippen LogP contribution in [0.15, 0.2) is 49.6 Å². The van der Waals surface area contributed by atoms with Crippen molar-refractivity contribution in [3.05, 3.63) is 49.6 Å². The van der Waals surface area contributed by atoms with Crippen LogP contribution in [0.5, 0.6) is 5.75 Å². The second-order valence-corrected chi connectivity index (χ2v) is 15.4. The molecule has 8 nitrogen and oxygen atoms in total. The maximum Gasteiger partial charge on any atom is 0.247 e. The fraction of sp³-hybridized carbons (Fsp3) is 0.618. The van der Waals surface area contributed by atoms with Crippen LogP contribution in [0.3, 0.4) is 0 Å². The first-order valence-electron chi connectivity index (χ1n) is 15.4. The Bertz CT molecular complexity index is 1230. The summed E-state index contributed by atoms with van der Waals surface area (Å²) in [5.74, 6) is -0.971. The number of aliphatic hydroxyl groups is 1. The molecule has 3 fully saturated rings. The van der Waals surface area contributed by atoms with Crippen molar-refractivity contribution in [3.63, 3.8) is 0 Å². The first kappa shape index (κ1) is 33.1. The van der Waals surface area contributed by atoms with Gasteiger partial charge in [-0.25, -0.2) is 0 Å². The van der Waals surface area contributed by atoms with Crippen LogP contribution < -0.4 is 9.64 Å². The van der Waals surface area contributed by atoms with Crippen LogP contribution in [-0.4, -0.2) is 87.1 Å². The molecule has 1 spiro atoms. The van der Waals surface area contributed by atoms with Crippen molar-refractivity contribution < 1.29 is 24.2 Å². The Morgan fingerprint density at radius 2 is 1.77 bits per heavy atom. The second kappa shape index (κ2) is 12.7. The average Bonchev–Trinajstić information content (AvgIpc) is 3.57. The van der Waals surface area contributed by atoms with Crippen LogP contribution in [0.1, 0.15) is 60.8 Å². The van der Waals surface area contributed by atoms with E-state index in [1.165, 1.54) is 0 Å². The molecule has 3 aliphatic rings. The molecule has 236 valence electrons. The van der Waals surface area contributed by atoms with Gasteiger partial charge in [0.1, 0.15) is 11.8 Å². The summed E-state index contributed by atoms with van der Waals surface area (Å²) in [7, 11) is 0. The van der Waals surface area contributed by atoms with Gasteiger partial charge < -0.3 is 24.5 Å². The summed E-state index contributed by atoms with van der Waals surface area (Å²) >= 11 is 1.64. The number of fused-ring (bicyclic) bond motifs is 1. The number of hydrogen-bond acceptors (Lipinski definition) is 6. The SMILES string of the molecule is C=CCN(C(=O)[C@@H]1[C@@H]2CCC3(S2)C(C(=O)N(CC=C)C(C)(C)CC(C)(C)C)N(CCO)C(=O)[C@H]13)c1ccc(OCC)cc1. The predicted octanol–water partition coefficient (Wildman–Crippen LogP) is 4.92. The highest BCUT2D eigenvalue weighted by molar-refractivity contribution is 8.02. The quantitative estimate of drug-likeness (QED) is 0.319. The van der Waals surface area contributed by atoms with Crippen molar-refractivity contribution in [3.8, 4) is 5.75 Å². The van der Waals surface area contributed by atoms with E-state index in [-0.39, 0.29) is 41.5 Å². The highest BCUT2D eigenvalue weighted by atomic mass is 32.2. The summed E-state index contributed by atoms with van der Waals surface area (Å²) in [6.07, 6.45) is 5.61. The topological polar surface area (TPSA) is 90.4 Å². The molecule has 3 aliphatic heterocycles. The molecule has 2 bridgehead atoms. The molecule has 0 saturated carbocycles. The highest BCUT2D eigenvalue weighted by Crippen LogP contribution is 2.67. The molecule has 0 aromatic heterocycles. The Balaban J connectivity index is 1.73. The smallest absolute Gasteiger partial charge is 0.247 e. The Labute approximate surface area is 261 Å². The summed E-state index contributed by atoms with van der Waals surface area (Å²) < 4.78 is 4.86. The molecule has 1 aromatic rings. The number of carbonyl (C=O) groups is 3. The van der Waals surface area contributed by atoms with Gasteiger partial charge in [-0.05, 0) is 69.7 Å². The van der Waals surface area contributed by atoms with Crippen molar-refractivity contribution >= 4 is 35.2 Å². The highest BCUT2D eigenvalue weighted by Gasteiger charge is 2.74. The Morgan fingerprint density at radius 1 is 1.12 bits per heavy atom. The van der Waals surface area contributed by atoms with Crippen molar-refractivity contribution in [1.29, 1.82) is 0 Å². The Kier molecular flexibility index (Phi) is 9.77. The predicted molar refractivity (Wildman–Crippen MR) is 173 cm³/mol. The van der Waals surface area contributed by atoms with Crippen LogP contribution in [0.25, 0.3) is 0 Å². The van der Waals surface area contributed by atoms with Crippen LogP contribution >= 0.6 is 11.8 Å². The lowest BCUT2D eigenvalue weighted by atomic mass is 9.70. The number of likely N-dealkylation sites (tertiary alicyclic amines) is 1. The van der Waals surface area contributed by atoms with Gasteiger partial charge in [-0.15, -0.1) is 24.9 Å². The third kappa shape index (κ3) is 6.12. The number of anilines is 1. The van der Waals surface area contributed by atoms with Gasteiger partial charge in [0.2, 0.25) is 17.7 Å². The summed E-state index contributed by atoms with van der Waals surface area (Å²) in [6, 6.07) is 6.63. The van der Waals surface area contributed by atoms with Crippen molar-refractivity contribution in [1.82, 2.24) is 9.80 Å². The molecular weight excluding hydrogens is 562 g/mol. The zero-order valence-electron chi connectivity index (χ0n) is 26.7. The second-order valence-electron chi connectivity index (χ2n) is 13.8. The molecule has 3 amide bonds. The molecule has 5 atom stereocenters. The zero-order chi connectivity index (χ0) is 31.7. The summed E-state index contributed by atoms with van der Waals surface area (Å²) in [5.41, 5.74) is 0.173. The van der Waals surface area contributed by atoms with Crippen LogP contribution in [-0.2, 0) is 14.4 Å². The number of amides is 3. The summed E-state index contributed by atoms with van der Waals surface area (Å²) in [5, 5.41) is 9.96. The zero-order valence-corrected chi connectivity index (χ0v) is 27.5. The summed E-state index contributed by atoms with van der Waals surface area (Å²) in [4.78, 5) is 48.5. The van der Waals surface area contributed by atoms with Gasteiger partial charge in [0.15, 0.2) is 0 Å². The molecule has 0 aliphatic carbocycles. The van der Waals surface area contributed by atoms with Gasteiger partial charge in [0.05, 0.1) is 29.8 Å². The molecule has 1 aromatic carbocycles. The molecule has 3 saturated heterocycles. The normalized spacial score (nSPS) is 26.3. The van der Waals surface area contributed by atoms with E-state index < -0.39 is 28.2 Å². The van der Waals surface area contributed by atoms with E-state index in [0.717, 1.165) is 18.6 Å². The third-order valence-corrected chi connectivity index (χ3v) is 10.9. The van der Waals surface area contributed by atoms with Crippen LogP contribution in [0, 0.1) is 17.3 Å². The molecule has 2 unspecified atom stereocenters. The first-order chi connectivity index (χ1) is 20.3. The number of ether oxygens (including phenoxy) is 1. The van der Waals surface area contributed by atoms with E-state index in [1.54, 1.807) is 33.7 Å². The minimum Gasteiger partial charge on any atom is -0.494 e. The monoisotopic (exact) mass is 611 g/mol. The fourth-order valence-corrected chi connectivity index (χ4v) is 10.1. The number of thioether (sulfide) groups is 1. The maximum absolute atomic E-state index is 14.7. The van der Waals surface area contributed by atoms with E-state index >= 15 is 0 Å². The lowest BCUT2D eigenvalue weighted by Gasteiger charge is -2.46. The first-order valence-corrected chi connectivity index (χ1v) is 16.3. The summed E-state index contributed by atoms with van der Waals surface area (Å²) in [6.45, 7) is 21.3. The van der Waals surface area contributed by atoms with Crippen molar-refractivity contribution in [2.75, 3.05) is 37.7 Å². The van der Waals surface area contributed by atoms with Crippen molar-refractivity contribution in [2.45, 2.75) is 82.4 Å². The molecule has 1 N–H and O–H groups in total. The average molecular weight is 612 g/mol. The van der Waals surface area contributed by atoms with E-state index in [9.17, 15) is 19.5 Å². The van der Waals surface area contributed by atoms with E-state index in [0.29, 0.717) is 31.8 Å². The van der Waals surface area contributed by atoms with Gasteiger partial charge in [0, 0.05) is 36.1 Å². The Hall–Kier alpha value is -2.78. The molecule has 3 heterocycles. The molecule has 0 radical (unpaired) electrons. The minimum absolute atomic E-state index is 0.0339. The number of nitrogens with zero attached hydrogens (tertiary/aromatic N) is 3. The third-order valence-electron chi connectivity index (χ3n) is 8.97. The minimum atomic E-state index is -0.762. The van der Waals surface area contributed by atoms with Gasteiger partial charge >= 0.3 is 0 Å². The van der Waals surface area contributed by atoms with E-state index in [4.69, 9.17) is 4.74 Å². The number of benzene rings is 1.